The van der Waals surface area contributed by atoms with Crippen molar-refractivity contribution in [2.45, 2.75) is 31.7 Å². The van der Waals surface area contributed by atoms with Gasteiger partial charge in [-0.2, -0.15) is 0 Å². The number of carbonyl (C=O) groups is 3. The van der Waals surface area contributed by atoms with Crippen molar-refractivity contribution in [2.24, 2.45) is 5.92 Å². The van der Waals surface area contributed by atoms with E-state index in [1.54, 1.807) is 0 Å². The van der Waals surface area contributed by atoms with Gasteiger partial charge < -0.3 is 20.3 Å². The van der Waals surface area contributed by atoms with Gasteiger partial charge >= 0.3 is 6.03 Å². The Morgan fingerprint density at radius 3 is 2.57 bits per heavy atom. The molecule has 2 N–H and O–H groups in total. The van der Waals surface area contributed by atoms with E-state index >= 15 is 0 Å². The van der Waals surface area contributed by atoms with Crippen LogP contribution in [0.1, 0.15) is 25.7 Å². The topological polar surface area (TPSA) is 91.0 Å². The van der Waals surface area contributed by atoms with E-state index in [4.69, 9.17) is 4.74 Å². The molecule has 0 spiro atoms. The number of fused-ring (bicyclic) bond motifs is 1. The minimum Gasteiger partial charge on any atom is -0.378 e. The van der Waals surface area contributed by atoms with Crippen LogP contribution in [-0.4, -0.2) is 61.6 Å². The highest BCUT2D eigenvalue weighted by atomic mass is 16.5. The summed E-state index contributed by atoms with van der Waals surface area (Å²) in [4.78, 5) is 40.6. The standard InChI is InChI=1S/C20H26N4O4/c25-18(13-24-19(26)16-3-1-2-4-17(16)22-20(24)27)21-14-5-7-15(8-6-14)23-9-11-28-12-10-23/h5-8,16-17H,1-4,9-13H2,(H,21,25)(H,22,27). The number of anilines is 2. The summed E-state index contributed by atoms with van der Waals surface area (Å²) in [6.07, 6.45) is 3.61. The number of nitrogens with zero attached hydrogens (tertiary/aromatic N) is 2. The van der Waals surface area contributed by atoms with Crippen molar-refractivity contribution in [3.05, 3.63) is 24.3 Å². The average Bonchev–Trinajstić information content (AvgIpc) is 2.72. The molecule has 0 bridgehead atoms. The molecule has 4 amide bonds. The van der Waals surface area contributed by atoms with Crippen LogP contribution in [0.25, 0.3) is 0 Å². The maximum atomic E-state index is 12.6. The molecular weight excluding hydrogens is 360 g/mol. The first-order valence-corrected chi connectivity index (χ1v) is 9.96. The number of amides is 4. The van der Waals surface area contributed by atoms with Gasteiger partial charge in [-0.25, -0.2) is 4.79 Å². The zero-order valence-corrected chi connectivity index (χ0v) is 15.9. The molecule has 1 aliphatic carbocycles. The number of benzene rings is 1. The van der Waals surface area contributed by atoms with Gasteiger partial charge in [-0.3, -0.25) is 14.5 Å². The third-order valence-electron chi connectivity index (χ3n) is 5.73. The normalized spacial score (nSPS) is 25.1. The van der Waals surface area contributed by atoms with Crippen molar-refractivity contribution in [1.29, 1.82) is 0 Å². The molecular formula is C20H26N4O4. The van der Waals surface area contributed by atoms with Gasteiger partial charge in [-0.05, 0) is 37.1 Å². The molecule has 28 heavy (non-hydrogen) atoms. The SMILES string of the molecule is O=C(CN1C(=O)NC2CCCCC2C1=O)Nc1ccc(N2CCOCC2)cc1. The number of hydrogen-bond acceptors (Lipinski definition) is 5. The third kappa shape index (κ3) is 3.96. The van der Waals surface area contributed by atoms with Gasteiger partial charge in [0, 0.05) is 30.5 Å². The maximum Gasteiger partial charge on any atom is 0.324 e. The van der Waals surface area contributed by atoms with Gasteiger partial charge in [0.15, 0.2) is 0 Å². The van der Waals surface area contributed by atoms with Crippen molar-refractivity contribution in [2.75, 3.05) is 43.1 Å². The van der Waals surface area contributed by atoms with E-state index in [0.29, 0.717) is 18.9 Å². The predicted octanol–water partition coefficient (Wildman–Crippen LogP) is 1.57. The number of nitrogens with one attached hydrogen (secondary N) is 2. The molecule has 3 fully saturated rings. The molecule has 3 aliphatic rings. The highest BCUT2D eigenvalue weighted by Gasteiger charge is 2.42. The maximum absolute atomic E-state index is 12.6. The lowest BCUT2D eigenvalue weighted by molar-refractivity contribution is -0.138. The lowest BCUT2D eigenvalue weighted by Gasteiger charge is -2.39. The Hall–Kier alpha value is -2.61. The number of carbonyl (C=O) groups excluding carboxylic acids is 3. The summed E-state index contributed by atoms with van der Waals surface area (Å²) in [5.74, 6) is -0.810. The number of ether oxygens (including phenoxy) is 1. The fraction of sp³-hybridized carbons (Fsp3) is 0.550. The monoisotopic (exact) mass is 386 g/mol. The number of rotatable bonds is 4. The van der Waals surface area contributed by atoms with Crippen LogP contribution in [-0.2, 0) is 14.3 Å². The summed E-state index contributed by atoms with van der Waals surface area (Å²) in [6, 6.07) is 7.01. The minimum atomic E-state index is -0.467. The molecule has 2 atom stereocenters. The van der Waals surface area contributed by atoms with Crippen molar-refractivity contribution in [3.63, 3.8) is 0 Å². The van der Waals surface area contributed by atoms with E-state index in [1.807, 2.05) is 24.3 Å². The molecule has 150 valence electrons. The van der Waals surface area contributed by atoms with Crippen molar-refractivity contribution in [1.82, 2.24) is 10.2 Å². The Balaban J connectivity index is 1.34. The molecule has 0 radical (unpaired) electrons. The Bertz CT molecular complexity index is 745. The van der Waals surface area contributed by atoms with Crippen LogP contribution in [0.5, 0.6) is 0 Å². The van der Waals surface area contributed by atoms with E-state index in [-0.39, 0.29) is 30.3 Å². The van der Waals surface area contributed by atoms with Crippen LogP contribution >= 0.6 is 0 Å². The molecule has 2 saturated heterocycles. The van der Waals surface area contributed by atoms with Gasteiger partial charge in [-0.15, -0.1) is 0 Å². The number of imide groups is 1. The van der Waals surface area contributed by atoms with Gasteiger partial charge in [0.2, 0.25) is 11.8 Å². The van der Waals surface area contributed by atoms with E-state index in [9.17, 15) is 14.4 Å². The molecule has 4 rings (SSSR count). The van der Waals surface area contributed by atoms with Gasteiger partial charge in [0.05, 0.1) is 19.1 Å². The van der Waals surface area contributed by atoms with Gasteiger partial charge in [0.25, 0.3) is 0 Å². The lowest BCUT2D eigenvalue weighted by atomic mass is 9.82. The Morgan fingerprint density at radius 1 is 1.11 bits per heavy atom. The molecule has 1 aromatic rings. The Kier molecular flexibility index (Phi) is 5.47. The second-order valence-electron chi connectivity index (χ2n) is 7.57. The molecule has 1 aromatic carbocycles. The summed E-state index contributed by atoms with van der Waals surface area (Å²) in [7, 11) is 0. The van der Waals surface area contributed by atoms with Crippen LogP contribution < -0.4 is 15.5 Å². The van der Waals surface area contributed by atoms with Gasteiger partial charge in [0.1, 0.15) is 6.54 Å². The van der Waals surface area contributed by atoms with Crippen LogP contribution in [0.4, 0.5) is 16.2 Å². The van der Waals surface area contributed by atoms with E-state index in [0.717, 1.165) is 49.4 Å². The molecule has 2 unspecified atom stereocenters. The average molecular weight is 386 g/mol. The predicted molar refractivity (Wildman–Crippen MR) is 104 cm³/mol. The zero-order chi connectivity index (χ0) is 19.5. The second-order valence-corrected chi connectivity index (χ2v) is 7.57. The number of urea groups is 1. The first-order chi connectivity index (χ1) is 13.6. The fourth-order valence-corrected chi connectivity index (χ4v) is 4.21. The highest BCUT2D eigenvalue weighted by molar-refractivity contribution is 6.04. The van der Waals surface area contributed by atoms with Crippen molar-refractivity contribution < 1.29 is 19.1 Å². The molecule has 2 aliphatic heterocycles. The Labute approximate surface area is 164 Å². The van der Waals surface area contributed by atoms with E-state index < -0.39 is 6.03 Å². The first kappa shape index (κ1) is 18.7. The summed E-state index contributed by atoms with van der Waals surface area (Å²) in [5.41, 5.74) is 1.72. The second kappa shape index (κ2) is 8.18. The van der Waals surface area contributed by atoms with Crippen LogP contribution in [0.3, 0.4) is 0 Å². The van der Waals surface area contributed by atoms with Gasteiger partial charge in [-0.1, -0.05) is 12.8 Å². The quantitative estimate of drug-likeness (QED) is 0.820. The molecule has 8 nitrogen and oxygen atoms in total. The first-order valence-electron chi connectivity index (χ1n) is 9.96. The van der Waals surface area contributed by atoms with E-state index in [1.165, 1.54) is 0 Å². The third-order valence-corrected chi connectivity index (χ3v) is 5.73. The van der Waals surface area contributed by atoms with Crippen LogP contribution in [0.15, 0.2) is 24.3 Å². The largest absolute Gasteiger partial charge is 0.378 e. The van der Waals surface area contributed by atoms with E-state index in [2.05, 4.69) is 15.5 Å². The molecule has 8 heteroatoms. The summed E-state index contributed by atoms with van der Waals surface area (Å²) in [5, 5.41) is 5.66. The Morgan fingerprint density at radius 2 is 1.82 bits per heavy atom. The minimum absolute atomic E-state index is 0.0826. The molecule has 0 aromatic heterocycles. The summed E-state index contributed by atoms with van der Waals surface area (Å²) < 4.78 is 5.36. The van der Waals surface area contributed by atoms with Crippen LogP contribution in [0.2, 0.25) is 0 Å². The summed E-state index contributed by atoms with van der Waals surface area (Å²) >= 11 is 0. The van der Waals surface area contributed by atoms with Crippen molar-refractivity contribution in [3.8, 4) is 0 Å². The summed E-state index contributed by atoms with van der Waals surface area (Å²) in [6.45, 7) is 2.86. The highest BCUT2D eigenvalue weighted by Crippen LogP contribution is 2.29. The zero-order valence-electron chi connectivity index (χ0n) is 15.9. The van der Waals surface area contributed by atoms with Crippen molar-refractivity contribution >= 4 is 29.2 Å². The number of morpholine rings is 1. The fourth-order valence-electron chi connectivity index (χ4n) is 4.21. The number of hydrogen-bond donors (Lipinski definition) is 2. The van der Waals surface area contributed by atoms with Crippen LogP contribution in [0, 0.1) is 5.92 Å². The lowest BCUT2D eigenvalue weighted by Crippen LogP contribution is -2.61. The smallest absolute Gasteiger partial charge is 0.324 e. The molecule has 1 saturated carbocycles. The molecule has 2 heterocycles.